The first-order valence-electron chi connectivity index (χ1n) is 9.23. The van der Waals surface area contributed by atoms with Crippen LogP contribution in [0.5, 0.6) is 5.75 Å². The lowest BCUT2D eigenvalue weighted by molar-refractivity contribution is 0.0531. The van der Waals surface area contributed by atoms with Gasteiger partial charge < -0.3 is 20.1 Å². The number of nitrogens with one attached hydrogen (secondary N) is 2. The zero-order valence-electron chi connectivity index (χ0n) is 17.4. The van der Waals surface area contributed by atoms with Gasteiger partial charge in [0.1, 0.15) is 15.6 Å². The molecule has 9 heteroatoms. The van der Waals surface area contributed by atoms with Crippen LogP contribution in [0.2, 0.25) is 0 Å². The van der Waals surface area contributed by atoms with Crippen molar-refractivity contribution >= 4 is 47.2 Å². The van der Waals surface area contributed by atoms with E-state index in [4.69, 9.17) is 9.47 Å². The van der Waals surface area contributed by atoms with E-state index in [0.717, 1.165) is 22.7 Å². The Balaban J connectivity index is 0.00000420. The van der Waals surface area contributed by atoms with Crippen LogP contribution in [0.3, 0.4) is 0 Å². The molecule has 1 atom stereocenters. The number of rotatable bonds is 8. The summed E-state index contributed by atoms with van der Waals surface area (Å²) >= 11 is 1.35. The standard InChI is InChI=1S/C20H28N4O3S.HI/c1-6-27-19(25)17-13(2)23-18(28-17)14(3)24-20(21-4)22-12-11-15-9-7-8-10-16(15)26-5;/h7-10,14H,6,11-12H2,1-5H3,(H2,21,22,24);1H. The van der Waals surface area contributed by atoms with Crippen LogP contribution in [0.4, 0.5) is 0 Å². The normalized spacial score (nSPS) is 12.0. The van der Waals surface area contributed by atoms with Crippen molar-refractivity contribution in [2.75, 3.05) is 27.3 Å². The van der Waals surface area contributed by atoms with E-state index in [1.165, 1.54) is 11.3 Å². The first-order chi connectivity index (χ1) is 13.5. The largest absolute Gasteiger partial charge is 0.496 e. The van der Waals surface area contributed by atoms with Crippen molar-refractivity contribution in [1.82, 2.24) is 15.6 Å². The summed E-state index contributed by atoms with van der Waals surface area (Å²) in [5.41, 5.74) is 1.82. The minimum absolute atomic E-state index is 0. The maximum atomic E-state index is 12.0. The number of halogens is 1. The van der Waals surface area contributed by atoms with Gasteiger partial charge in [-0.15, -0.1) is 35.3 Å². The number of aromatic nitrogens is 1. The van der Waals surface area contributed by atoms with Gasteiger partial charge in [0, 0.05) is 13.6 Å². The molecule has 1 unspecified atom stereocenters. The monoisotopic (exact) mass is 532 g/mol. The lowest BCUT2D eigenvalue weighted by Gasteiger charge is -2.16. The quantitative estimate of drug-likeness (QED) is 0.233. The Labute approximate surface area is 193 Å². The zero-order chi connectivity index (χ0) is 20.5. The number of aliphatic imine (C=N–C) groups is 1. The molecule has 0 aliphatic heterocycles. The van der Waals surface area contributed by atoms with Crippen molar-refractivity contribution in [1.29, 1.82) is 0 Å². The van der Waals surface area contributed by atoms with E-state index in [0.29, 0.717) is 29.7 Å². The number of thiazole rings is 1. The van der Waals surface area contributed by atoms with Gasteiger partial charge in [0.2, 0.25) is 0 Å². The minimum atomic E-state index is -0.324. The van der Waals surface area contributed by atoms with E-state index >= 15 is 0 Å². The summed E-state index contributed by atoms with van der Waals surface area (Å²) in [6.07, 6.45) is 0.808. The summed E-state index contributed by atoms with van der Waals surface area (Å²) in [6, 6.07) is 7.87. The fraction of sp³-hybridized carbons (Fsp3) is 0.450. The topological polar surface area (TPSA) is 84.8 Å². The molecule has 1 heterocycles. The van der Waals surface area contributed by atoms with Crippen LogP contribution in [0.25, 0.3) is 0 Å². The SMILES string of the molecule is CCOC(=O)c1sc(C(C)NC(=NC)NCCc2ccccc2OC)nc1C.I. The van der Waals surface area contributed by atoms with E-state index in [2.05, 4.69) is 26.7 Å². The Bertz CT molecular complexity index is 826. The average Bonchev–Trinajstić information content (AvgIpc) is 3.09. The summed E-state index contributed by atoms with van der Waals surface area (Å²) in [5.74, 6) is 1.23. The Kier molecular flexibility index (Phi) is 11.0. The van der Waals surface area contributed by atoms with Crippen LogP contribution in [0, 0.1) is 6.92 Å². The van der Waals surface area contributed by atoms with Crippen molar-refractivity contribution in [2.24, 2.45) is 4.99 Å². The van der Waals surface area contributed by atoms with Crippen LogP contribution in [-0.2, 0) is 11.2 Å². The highest BCUT2D eigenvalue weighted by Crippen LogP contribution is 2.24. The minimum Gasteiger partial charge on any atom is -0.496 e. The van der Waals surface area contributed by atoms with Gasteiger partial charge in [-0.05, 0) is 38.8 Å². The van der Waals surface area contributed by atoms with E-state index in [1.54, 1.807) is 21.1 Å². The molecular weight excluding hydrogens is 503 g/mol. The molecule has 0 bridgehead atoms. The molecule has 0 aliphatic carbocycles. The number of hydrogen-bond donors (Lipinski definition) is 2. The van der Waals surface area contributed by atoms with Crippen LogP contribution >= 0.6 is 35.3 Å². The number of esters is 1. The van der Waals surface area contributed by atoms with Crippen molar-refractivity contribution in [2.45, 2.75) is 33.2 Å². The molecule has 0 saturated carbocycles. The summed E-state index contributed by atoms with van der Waals surface area (Å²) in [5, 5.41) is 7.43. The molecule has 0 fully saturated rings. The second-order valence-corrected chi connectivity index (χ2v) is 7.14. The van der Waals surface area contributed by atoms with Crippen molar-refractivity contribution in [3.63, 3.8) is 0 Å². The Morgan fingerprint density at radius 3 is 2.72 bits per heavy atom. The molecule has 2 aromatic rings. The van der Waals surface area contributed by atoms with E-state index in [1.807, 2.05) is 32.0 Å². The molecular formula is C20H29IN4O3S. The fourth-order valence-electron chi connectivity index (χ4n) is 2.68. The lowest BCUT2D eigenvalue weighted by atomic mass is 10.1. The third-order valence-corrected chi connectivity index (χ3v) is 5.42. The number of carbonyl (C=O) groups is 1. The number of para-hydroxylation sites is 1. The van der Waals surface area contributed by atoms with Gasteiger partial charge in [-0.2, -0.15) is 0 Å². The predicted octanol–water partition coefficient (Wildman–Crippen LogP) is 3.72. The summed E-state index contributed by atoms with van der Waals surface area (Å²) < 4.78 is 10.5. The molecule has 7 nitrogen and oxygen atoms in total. The van der Waals surface area contributed by atoms with Gasteiger partial charge in [-0.25, -0.2) is 9.78 Å². The number of nitrogens with zero attached hydrogens (tertiary/aromatic N) is 2. The first kappa shape index (κ1) is 25.2. The molecule has 29 heavy (non-hydrogen) atoms. The molecule has 1 aromatic carbocycles. The van der Waals surface area contributed by atoms with E-state index in [-0.39, 0.29) is 36.0 Å². The van der Waals surface area contributed by atoms with E-state index in [9.17, 15) is 4.79 Å². The summed E-state index contributed by atoms with van der Waals surface area (Å²) in [7, 11) is 3.40. The van der Waals surface area contributed by atoms with Gasteiger partial charge in [-0.3, -0.25) is 4.99 Å². The number of methoxy groups -OCH3 is 1. The smallest absolute Gasteiger partial charge is 0.350 e. The zero-order valence-corrected chi connectivity index (χ0v) is 20.6. The highest BCUT2D eigenvalue weighted by molar-refractivity contribution is 14.0. The first-order valence-corrected chi connectivity index (χ1v) is 10.0. The number of benzene rings is 1. The summed E-state index contributed by atoms with van der Waals surface area (Å²) in [4.78, 5) is 21.3. The Hall–Kier alpha value is -1.88. The fourth-order valence-corrected chi connectivity index (χ4v) is 3.64. The Morgan fingerprint density at radius 2 is 2.07 bits per heavy atom. The maximum Gasteiger partial charge on any atom is 0.350 e. The third-order valence-electron chi connectivity index (χ3n) is 4.10. The lowest BCUT2D eigenvalue weighted by Crippen LogP contribution is -2.39. The highest BCUT2D eigenvalue weighted by Gasteiger charge is 2.20. The van der Waals surface area contributed by atoms with Gasteiger partial charge in [0.05, 0.1) is 25.5 Å². The van der Waals surface area contributed by atoms with Crippen LogP contribution < -0.4 is 15.4 Å². The second-order valence-electron chi connectivity index (χ2n) is 6.11. The molecule has 2 N–H and O–H groups in total. The molecule has 0 saturated heterocycles. The number of guanidine groups is 1. The molecule has 1 aromatic heterocycles. The average molecular weight is 532 g/mol. The van der Waals surface area contributed by atoms with Gasteiger partial charge in [0.15, 0.2) is 5.96 Å². The van der Waals surface area contributed by atoms with Crippen LogP contribution in [0.15, 0.2) is 29.3 Å². The highest BCUT2D eigenvalue weighted by atomic mass is 127. The third kappa shape index (κ3) is 7.14. The maximum absolute atomic E-state index is 12.0. The number of hydrogen-bond acceptors (Lipinski definition) is 6. The van der Waals surface area contributed by atoms with Crippen LogP contribution in [-0.4, -0.2) is 44.2 Å². The molecule has 0 radical (unpaired) electrons. The number of carbonyl (C=O) groups excluding carboxylic acids is 1. The molecule has 160 valence electrons. The molecule has 0 spiro atoms. The second kappa shape index (κ2) is 12.6. The van der Waals surface area contributed by atoms with Gasteiger partial charge >= 0.3 is 5.97 Å². The predicted molar refractivity (Wildman–Crippen MR) is 128 cm³/mol. The number of aryl methyl sites for hydroxylation is 1. The molecule has 0 aliphatic rings. The van der Waals surface area contributed by atoms with Crippen molar-refractivity contribution in [3.05, 3.63) is 45.4 Å². The van der Waals surface area contributed by atoms with Gasteiger partial charge in [-0.1, -0.05) is 18.2 Å². The molecule has 2 rings (SSSR count). The Morgan fingerprint density at radius 1 is 1.34 bits per heavy atom. The summed E-state index contributed by atoms with van der Waals surface area (Å²) in [6.45, 7) is 6.65. The van der Waals surface area contributed by atoms with Gasteiger partial charge in [0.25, 0.3) is 0 Å². The van der Waals surface area contributed by atoms with Crippen molar-refractivity contribution < 1.29 is 14.3 Å². The van der Waals surface area contributed by atoms with E-state index < -0.39 is 0 Å². The number of ether oxygens (including phenoxy) is 2. The van der Waals surface area contributed by atoms with Crippen molar-refractivity contribution in [3.8, 4) is 5.75 Å². The molecule has 0 amide bonds. The van der Waals surface area contributed by atoms with Crippen LogP contribution in [0.1, 0.15) is 45.8 Å².